The van der Waals surface area contributed by atoms with Gasteiger partial charge in [0.05, 0.1) is 25.8 Å². The monoisotopic (exact) mass is 379 g/mol. The first-order valence-corrected chi connectivity index (χ1v) is 9.07. The minimum atomic E-state index is -0.203. The molecule has 1 aromatic heterocycles. The Balaban J connectivity index is 1.95. The van der Waals surface area contributed by atoms with Gasteiger partial charge < -0.3 is 14.4 Å². The Morgan fingerprint density at radius 3 is 2.46 bits per heavy atom. The van der Waals surface area contributed by atoms with E-state index < -0.39 is 0 Å². The summed E-state index contributed by atoms with van der Waals surface area (Å²) in [5, 5.41) is 7.31. The van der Waals surface area contributed by atoms with E-state index in [1.807, 2.05) is 62.4 Å². The van der Waals surface area contributed by atoms with E-state index in [-0.39, 0.29) is 11.9 Å². The van der Waals surface area contributed by atoms with Gasteiger partial charge in [-0.05, 0) is 26.0 Å². The van der Waals surface area contributed by atoms with Crippen molar-refractivity contribution in [2.24, 2.45) is 0 Å². The molecule has 0 saturated heterocycles. The van der Waals surface area contributed by atoms with Crippen molar-refractivity contribution in [2.45, 2.75) is 19.9 Å². The summed E-state index contributed by atoms with van der Waals surface area (Å²) in [5.41, 5.74) is 3.78. The molecule has 1 amide bonds. The summed E-state index contributed by atoms with van der Waals surface area (Å²) >= 11 is 0. The lowest BCUT2D eigenvalue weighted by Crippen LogP contribution is -2.30. The molecule has 6 nitrogen and oxygen atoms in total. The number of amides is 1. The van der Waals surface area contributed by atoms with Crippen molar-refractivity contribution < 1.29 is 14.3 Å². The Morgan fingerprint density at radius 1 is 1.11 bits per heavy atom. The topological polar surface area (TPSA) is 67.5 Å². The molecule has 6 heteroatoms. The molecule has 2 aromatic carbocycles. The molecule has 1 unspecified atom stereocenters. The van der Waals surface area contributed by atoms with Crippen molar-refractivity contribution in [1.29, 1.82) is 0 Å². The predicted molar refractivity (Wildman–Crippen MR) is 109 cm³/mol. The van der Waals surface area contributed by atoms with E-state index >= 15 is 0 Å². The largest absolute Gasteiger partial charge is 0.497 e. The van der Waals surface area contributed by atoms with Crippen LogP contribution in [0.25, 0.3) is 11.3 Å². The predicted octanol–water partition coefficient (Wildman–Crippen LogP) is 4.24. The van der Waals surface area contributed by atoms with Gasteiger partial charge in [-0.15, -0.1) is 0 Å². The number of nitrogens with zero attached hydrogens (tertiary/aromatic N) is 2. The molecular weight excluding hydrogens is 354 g/mol. The number of H-pyrrole nitrogens is 1. The number of hydrogen-bond donors (Lipinski definition) is 1. The third-order valence-corrected chi connectivity index (χ3v) is 5.00. The lowest BCUT2D eigenvalue weighted by Gasteiger charge is -2.27. The molecule has 0 radical (unpaired) electrons. The average Bonchev–Trinajstić information content (AvgIpc) is 3.13. The van der Waals surface area contributed by atoms with Crippen molar-refractivity contribution in [3.05, 3.63) is 65.4 Å². The van der Waals surface area contributed by atoms with E-state index in [0.717, 1.165) is 16.8 Å². The van der Waals surface area contributed by atoms with Crippen LogP contribution in [-0.2, 0) is 0 Å². The van der Waals surface area contributed by atoms with Gasteiger partial charge >= 0.3 is 0 Å². The highest BCUT2D eigenvalue weighted by Crippen LogP contribution is 2.33. The smallest absolute Gasteiger partial charge is 0.258 e. The summed E-state index contributed by atoms with van der Waals surface area (Å²) in [5.74, 6) is 1.29. The summed E-state index contributed by atoms with van der Waals surface area (Å²) in [6.45, 7) is 3.83. The third kappa shape index (κ3) is 3.58. The lowest BCUT2D eigenvalue weighted by molar-refractivity contribution is 0.0741. The molecule has 0 aliphatic rings. The summed E-state index contributed by atoms with van der Waals surface area (Å²) < 4.78 is 10.8. The van der Waals surface area contributed by atoms with Crippen LogP contribution in [0.1, 0.15) is 34.6 Å². The quantitative estimate of drug-likeness (QED) is 0.696. The molecule has 0 saturated carbocycles. The maximum Gasteiger partial charge on any atom is 0.258 e. The standard InChI is InChI=1S/C22H25N3O3/c1-14-20(21(24-23-14)16-9-7-6-8-10-16)22(26)25(3)15(2)18-12-11-17(27-4)13-19(18)28-5/h6-13,15H,1-5H3,(H,23,24). The second-order valence-electron chi connectivity index (χ2n) is 6.64. The second kappa shape index (κ2) is 8.17. The zero-order chi connectivity index (χ0) is 20.3. The molecule has 1 N–H and O–H groups in total. The number of aryl methyl sites for hydroxylation is 1. The molecule has 1 atom stereocenters. The van der Waals surface area contributed by atoms with E-state index in [4.69, 9.17) is 9.47 Å². The van der Waals surface area contributed by atoms with E-state index in [9.17, 15) is 4.79 Å². The molecule has 0 spiro atoms. The summed E-state index contributed by atoms with van der Waals surface area (Å²) in [6, 6.07) is 15.1. The van der Waals surface area contributed by atoms with E-state index in [1.165, 1.54) is 0 Å². The fraction of sp³-hybridized carbons (Fsp3) is 0.273. The highest BCUT2D eigenvalue weighted by molar-refractivity contribution is 6.01. The number of carbonyl (C=O) groups excluding carboxylic acids is 1. The van der Waals surface area contributed by atoms with Gasteiger partial charge in [0.2, 0.25) is 0 Å². The lowest BCUT2D eigenvalue weighted by atomic mass is 10.0. The first kappa shape index (κ1) is 19.5. The van der Waals surface area contributed by atoms with Gasteiger partial charge in [-0.3, -0.25) is 9.89 Å². The Kier molecular flexibility index (Phi) is 5.68. The van der Waals surface area contributed by atoms with Crippen LogP contribution < -0.4 is 9.47 Å². The van der Waals surface area contributed by atoms with Crippen LogP contribution in [-0.4, -0.2) is 42.3 Å². The first-order chi connectivity index (χ1) is 13.5. The van der Waals surface area contributed by atoms with Gasteiger partial charge in [0.25, 0.3) is 5.91 Å². The van der Waals surface area contributed by atoms with Crippen LogP contribution in [0.5, 0.6) is 11.5 Å². The van der Waals surface area contributed by atoms with Gasteiger partial charge in [-0.25, -0.2) is 0 Å². The van der Waals surface area contributed by atoms with Crippen LogP contribution in [0.15, 0.2) is 48.5 Å². The molecule has 0 fully saturated rings. The molecule has 3 rings (SSSR count). The normalized spacial score (nSPS) is 11.8. The van der Waals surface area contributed by atoms with Crippen molar-refractivity contribution in [3.63, 3.8) is 0 Å². The summed E-state index contributed by atoms with van der Waals surface area (Å²) in [7, 11) is 5.01. The molecule has 0 aliphatic heterocycles. The summed E-state index contributed by atoms with van der Waals surface area (Å²) in [4.78, 5) is 15.1. The Hall–Kier alpha value is -3.28. The maximum atomic E-state index is 13.4. The summed E-state index contributed by atoms with van der Waals surface area (Å²) in [6.07, 6.45) is 0. The minimum absolute atomic E-state index is 0.101. The second-order valence-corrected chi connectivity index (χ2v) is 6.64. The van der Waals surface area contributed by atoms with Crippen molar-refractivity contribution in [3.8, 4) is 22.8 Å². The highest BCUT2D eigenvalue weighted by Gasteiger charge is 2.27. The molecule has 0 bridgehead atoms. The van der Waals surface area contributed by atoms with Crippen LogP contribution in [0, 0.1) is 6.92 Å². The Morgan fingerprint density at radius 2 is 1.82 bits per heavy atom. The zero-order valence-corrected chi connectivity index (χ0v) is 16.8. The molecule has 3 aromatic rings. The van der Waals surface area contributed by atoms with Gasteiger partial charge in [-0.1, -0.05) is 30.3 Å². The average molecular weight is 379 g/mol. The highest BCUT2D eigenvalue weighted by atomic mass is 16.5. The Bertz CT molecular complexity index is 966. The van der Waals surface area contributed by atoms with Crippen molar-refractivity contribution >= 4 is 5.91 Å². The van der Waals surface area contributed by atoms with Gasteiger partial charge in [0.15, 0.2) is 0 Å². The van der Waals surface area contributed by atoms with Crippen LogP contribution in [0.3, 0.4) is 0 Å². The van der Waals surface area contributed by atoms with Gasteiger partial charge in [-0.2, -0.15) is 5.10 Å². The molecule has 28 heavy (non-hydrogen) atoms. The molecular formula is C22H25N3O3. The number of benzene rings is 2. The van der Waals surface area contributed by atoms with Crippen molar-refractivity contribution in [2.75, 3.05) is 21.3 Å². The SMILES string of the molecule is COc1ccc(C(C)N(C)C(=O)c2c(-c3ccccc3)n[nH]c2C)c(OC)c1. The van der Waals surface area contributed by atoms with Crippen molar-refractivity contribution in [1.82, 2.24) is 15.1 Å². The first-order valence-electron chi connectivity index (χ1n) is 9.07. The number of hydrogen-bond acceptors (Lipinski definition) is 4. The van der Waals surface area contributed by atoms with E-state index in [1.54, 1.807) is 26.2 Å². The maximum absolute atomic E-state index is 13.4. The number of rotatable bonds is 6. The molecule has 146 valence electrons. The zero-order valence-electron chi connectivity index (χ0n) is 16.8. The number of aromatic nitrogens is 2. The van der Waals surface area contributed by atoms with Crippen LogP contribution in [0.4, 0.5) is 0 Å². The van der Waals surface area contributed by atoms with Crippen LogP contribution >= 0.6 is 0 Å². The van der Waals surface area contributed by atoms with E-state index in [0.29, 0.717) is 22.8 Å². The Labute approximate surface area is 165 Å². The molecule has 1 heterocycles. The van der Waals surface area contributed by atoms with E-state index in [2.05, 4.69) is 10.2 Å². The number of aromatic amines is 1. The number of carbonyl (C=O) groups is 1. The fourth-order valence-electron chi connectivity index (χ4n) is 3.22. The van der Waals surface area contributed by atoms with Gasteiger partial charge in [0.1, 0.15) is 17.2 Å². The van der Waals surface area contributed by atoms with Gasteiger partial charge in [0, 0.05) is 29.9 Å². The number of methoxy groups -OCH3 is 2. The number of ether oxygens (including phenoxy) is 2. The fourth-order valence-corrected chi connectivity index (χ4v) is 3.22. The van der Waals surface area contributed by atoms with Crippen LogP contribution in [0.2, 0.25) is 0 Å². The third-order valence-electron chi connectivity index (χ3n) is 5.00. The minimum Gasteiger partial charge on any atom is -0.497 e. The number of nitrogens with one attached hydrogen (secondary N) is 1. The molecule has 0 aliphatic carbocycles.